The number of hydrogen-bond acceptors (Lipinski definition) is 6. The van der Waals surface area contributed by atoms with Crippen molar-refractivity contribution in [2.45, 2.75) is 0 Å². The lowest BCUT2D eigenvalue weighted by Crippen LogP contribution is -1.94. The summed E-state index contributed by atoms with van der Waals surface area (Å²) in [5, 5.41) is 12.7. The Morgan fingerprint density at radius 3 is 2.67 bits per heavy atom. The molecular weight excluding hydrogens is 327 g/mol. The standard InChI is InChI=1S/C16H11FN6S/c17-11-4-2-10(3-5-11)14-12(8-20-23-14)13-9-24-16(21-13)22-15-18-6-1-7-19-15/h1-9H,(H,20,23)(H,18,19,21,22). The molecule has 4 aromatic rings. The maximum atomic E-state index is 13.1. The van der Waals surface area contributed by atoms with Gasteiger partial charge in [-0.15, -0.1) is 11.3 Å². The van der Waals surface area contributed by atoms with E-state index in [1.807, 2.05) is 5.38 Å². The maximum Gasteiger partial charge on any atom is 0.228 e. The molecule has 8 heteroatoms. The van der Waals surface area contributed by atoms with Crippen molar-refractivity contribution < 1.29 is 4.39 Å². The lowest BCUT2D eigenvalue weighted by Gasteiger charge is -2.01. The Balaban J connectivity index is 1.64. The van der Waals surface area contributed by atoms with Crippen LogP contribution >= 0.6 is 11.3 Å². The molecule has 2 N–H and O–H groups in total. The third kappa shape index (κ3) is 2.86. The van der Waals surface area contributed by atoms with E-state index in [1.165, 1.54) is 23.5 Å². The first-order valence-electron chi connectivity index (χ1n) is 7.09. The number of benzene rings is 1. The van der Waals surface area contributed by atoms with Crippen LogP contribution in [-0.4, -0.2) is 25.1 Å². The van der Waals surface area contributed by atoms with E-state index < -0.39 is 0 Å². The number of anilines is 2. The molecule has 0 spiro atoms. The molecule has 0 radical (unpaired) electrons. The van der Waals surface area contributed by atoms with Crippen molar-refractivity contribution >= 4 is 22.4 Å². The van der Waals surface area contributed by atoms with Gasteiger partial charge in [0.05, 0.1) is 17.6 Å². The fourth-order valence-electron chi connectivity index (χ4n) is 2.23. The van der Waals surface area contributed by atoms with E-state index in [9.17, 15) is 4.39 Å². The van der Waals surface area contributed by atoms with E-state index in [1.54, 1.807) is 36.8 Å². The average molecular weight is 338 g/mol. The topological polar surface area (TPSA) is 79.4 Å². The summed E-state index contributed by atoms with van der Waals surface area (Å²) in [4.78, 5) is 12.8. The van der Waals surface area contributed by atoms with Crippen molar-refractivity contribution in [1.29, 1.82) is 0 Å². The lowest BCUT2D eigenvalue weighted by molar-refractivity contribution is 0.628. The highest BCUT2D eigenvalue weighted by Gasteiger charge is 2.13. The van der Waals surface area contributed by atoms with Crippen molar-refractivity contribution in [3.63, 3.8) is 0 Å². The largest absolute Gasteiger partial charge is 0.300 e. The third-order valence-corrected chi connectivity index (χ3v) is 4.09. The van der Waals surface area contributed by atoms with E-state index in [4.69, 9.17) is 0 Å². The highest BCUT2D eigenvalue weighted by Crippen LogP contribution is 2.32. The van der Waals surface area contributed by atoms with Gasteiger partial charge in [0.25, 0.3) is 0 Å². The minimum atomic E-state index is -0.275. The normalized spacial score (nSPS) is 10.7. The van der Waals surface area contributed by atoms with Gasteiger partial charge in [0.2, 0.25) is 5.95 Å². The van der Waals surface area contributed by atoms with Crippen molar-refractivity contribution in [2.75, 3.05) is 5.32 Å². The minimum Gasteiger partial charge on any atom is -0.300 e. The molecule has 0 saturated heterocycles. The molecule has 0 atom stereocenters. The summed E-state index contributed by atoms with van der Waals surface area (Å²) < 4.78 is 13.1. The number of aromatic amines is 1. The smallest absolute Gasteiger partial charge is 0.228 e. The van der Waals surface area contributed by atoms with Crippen LogP contribution in [0.1, 0.15) is 0 Å². The van der Waals surface area contributed by atoms with Gasteiger partial charge in [-0.25, -0.2) is 19.3 Å². The Labute approximate surface area is 140 Å². The molecule has 118 valence electrons. The number of aromatic nitrogens is 5. The average Bonchev–Trinajstić information content (AvgIpc) is 3.25. The monoisotopic (exact) mass is 338 g/mol. The van der Waals surface area contributed by atoms with E-state index >= 15 is 0 Å². The highest BCUT2D eigenvalue weighted by molar-refractivity contribution is 7.14. The van der Waals surface area contributed by atoms with Crippen molar-refractivity contribution in [3.8, 4) is 22.5 Å². The second-order valence-corrected chi connectivity index (χ2v) is 5.76. The van der Waals surface area contributed by atoms with E-state index in [-0.39, 0.29) is 5.82 Å². The molecule has 6 nitrogen and oxygen atoms in total. The zero-order chi connectivity index (χ0) is 16.4. The van der Waals surface area contributed by atoms with Crippen LogP contribution in [0, 0.1) is 5.82 Å². The molecule has 0 saturated carbocycles. The van der Waals surface area contributed by atoms with Gasteiger partial charge in [-0.1, -0.05) is 0 Å². The Morgan fingerprint density at radius 2 is 1.88 bits per heavy atom. The summed E-state index contributed by atoms with van der Waals surface area (Å²) >= 11 is 1.45. The molecule has 3 aromatic heterocycles. The molecule has 3 heterocycles. The Morgan fingerprint density at radius 1 is 1.08 bits per heavy atom. The Kier molecular flexibility index (Phi) is 3.72. The number of halogens is 1. The number of thiazole rings is 1. The first-order valence-corrected chi connectivity index (χ1v) is 7.97. The van der Waals surface area contributed by atoms with Gasteiger partial charge < -0.3 is 5.32 Å². The van der Waals surface area contributed by atoms with E-state index in [0.717, 1.165) is 22.5 Å². The highest BCUT2D eigenvalue weighted by atomic mass is 32.1. The van der Waals surface area contributed by atoms with Crippen LogP contribution < -0.4 is 5.32 Å². The van der Waals surface area contributed by atoms with Gasteiger partial charge in [0.1, 0.15) is 5.82 Å². The van der Waals surface area contributed by atoms with Crippen molar-refractivity contribution in [1.82, 2.24) is 25.1 Å². The quantitative estimate of drug-likeness (QED) is 0.590. The molecule has 0 aliphatic rings. The summed E-state index contributed by atoms with van der Waals surface area (Å²) in [6, 6.07) is 7.99. The van der Waals surface area contributed by atoms with Crippen molar-refractivity contribution in [3.05, 3.63) is 60.1 Å². The number of hydrogen-bond donors (Lipinski definition) is 2. The summed E-state index contributed by atoms with van der Waals surface area (Å²) in [5.74, 6) is 0.215. The molecule has 0 fully saturated rings. The van der Waals surface area contributed by atoms with Crippen LogP contribution in [0.4, 0.5) is 15.5 Å². The number of nitrogens with one attached hydrogen (secondary N) is 2. The fraction of sp³-hybridized carbons (Fsp3) is 0. The summed E-state index contributed by atoms with van der Waals surface area (Å²) in [6.07, 6.45) is 5.02. The lowest BCUT2D eigenvalue weighted by atomic mass is 10.1. The number of H-pyrrole nitrogens is 1. The van der Waals surface area contributed by atoms with Crippen LogP contribution in [0.3, 0.4) is 0 Å². The van der Waals surface area contributed by atoms with Gasteiger partial charge in [0, 0.05) is 28.9 Å². The first kappa shape index (κ1) is 14.5. The zero-order valence-electron chi connectivity index (χ0n) is 12.3. The van der Waals surface area contributed by atoms with Crippen LogP contribution in [0.25, 0.3) is 22.5 Å². The zero-order valence-corrected chi connectivity index (χ0v) is 13.1. The molecule has 0 bridgehead atoms. The molecule has 1 aromatic carbocycles. The number of nitrogens with zero attached hydrogens (tertiary/aromatic N) is 4. The second-order valence-electron chi connectivity index (χ2n) is 4.90. The fourth-order valence-corrected chi connectivity index (χ4v) is 2.94. The Bertz CT molecular complexity index is 948. The molecule has 0 amide bonds. The Hall–Kier alpha value is -3.13. The van der Waals surface area contributed by atoms with Gasteiger partial charge in [0.15, 0.2) is 5.13 Å². The second kappa shape index (κ2) is 6.17. The predicted octanol–water partition coefficient (Wildman–Crippen LogP) is 3.87. The minimum absolute atomic E-state index is 0.275. The predicted molar refractivity (Wildman–Crippen MR) is 90.4 cm³/mol. The molecule has 24 heavy (non-hydrogen) atoms. The molecule has 0 aliphatic heterocycles. The van der Waals surface area contributed by atoms with E-state index in [0.29, 0.717) is 11.1 Å². The van der Waals surface area contributed by atoms with Crippen LogP contribution in [0.15, 0.2) is 54.3 Å². The van der Waals surface area contributed by atoms with E-state index in [2.05, 4.69) is 30.5 Å². The molecular formula is C16H11FN6S. The van der Waals surface area contributed by atoms with Gasteiger partial charge in [-0.2, -0.15) is 5.10 Å². The maximum absolute atomic E-state index is 13.1. The summed E-state index contributed by atoms with van der Waals surface area (Å²) in [6.45, 7) is 0. The van der Waals surface area contributed by atoms with Crippen LogP contribution in [0.5, 0.6) is 0 Å². The number of rotatable bonds is 4. The van der Waals surface area contributed by atoms with Gasteiger partial charge in [-0.05, 0) is 30.3 Å². The summed E-state index contributed by atoms with van der Waals surface area (Å²) in [7, 11) is 0. The molecule has 4 rings (SSSR count). The van der Waals surface area contributed by atoms with Crippen molar-refractivity contribution in [2.24, 2.45) is 0 Å². The first-order chi connectivity index (χ1) is 11.8. The molecule has 0 aliphatic carbocycles. The summed E-state index contributed by atoms with van der Waals surface area (Å²) in [5.41, 5.74) is 3.26. The van der Waals surface area contributed by atoms with Gasteiger partial charge in [-0.3, -0.25) is 5.10 Å². The SMILES string of the molecule is Fc1ccc(-c2[nH]ncc2-c2csc(Nc3ncccn3)n2)cc1. The van der Waals surface area contributed by atoms with Crippen LogP contribution in [0.2, 0.25) is 0 Å². The molecule has 0 unspecified atom stereocenters. The third-order valence-electron chi connectivity index (χ3n) is 3.34. The van der Waals surface area contributed by atoms with Gasteiger partial charge >= 0.3 is 0 Å². The van der Waals surface area contributed by atoms with Crippen LogP contribution in [-0.2, 0) is 0 Å².